The van der Waals surface area contributed by atoms with Gasteiger partial charge in [-0.15, -0.1) is 0 Å². The predicted molar refractivity (Wildman–Crippen MR) is 120 cm³/mol. The molecule has 4 heterocycles. The normalized spacial score (nSPS) is 22.8. The fourth-order valence-corrected chi connectivity index (χ4v) is 4.80. The Kier molecular flexibility index (Phi) is 5.67. The van der Waals surface area contributed by atoms with Crippen molar-refractivity contribution in [2.45, 2.75) is 52.9 Å². The van der Waals surface area contributed by atoms with Crippen molar-refractivity contribution < 1.29 is 9.84 Å². The van der Waals surface area contributed by atoms with Gasteiger partial charge in [-0.25, -0.2) is 9.97 Å². The maximum Gasteiger partial charge on any atom is 0.153 e. The van der Waals surface area contributed by atoms with Gasteiger partial charge in [0.05, 0.1) is 30.7 Å². The number of nitrogens with two attached hydrogens (primary N) is 1. The van der Waals surface area contributed by atoms with Gasteiger partial charge in [0.2, 0.25) is 0 Å². The molecule has 9 nitrogen and oxygen atoms in total. The van der Waals surface area contributed by atoms with Crippen molar-refractivity contribution in [1.82, 2.24) is 25.4 Å². The Labute approximate surface area is 182 Å². The van der Waals surface area contributed by atoms with Crippen LogP contribution >= 0.6 is 0 Å². The maximum absolute atomic E-state index is 10.0. The summed E-state index contributed by atoms with van der Waals surface area (Å²) in [6.07, 6.45) is 2.01. The van der Waals surface area contributed by atoms with Crippen LogP contribution in [-0.2, 0) is 11.3 Å². The molecule has 0 radical (unpaired) electrons. The lowest BCUT2D eigenvalue weighted by Crippen LogP contribution is -2.51. The second-order valence-electron chi connectivity index (χ2n) is 8.50. The van der Waals surface area contributed by atoms with E-state index in [1.165, 1.54) is 0 Å². The van der Waals surface area contributed by atoms with Crippen molar-refractivity contribution in [3.8, 4) is 11.3 Å². The molecule has 0 aliphatic carbocycles. The summed E-state index contributed by atoms with van der Waals surface area (Å²) in [5, 5.41) is 20.9. The average molecular weight is 426 g/mol. The van der Waals surface area contributed by atoms with Gasteiger partial charge in [0.25, 0.3) is 0 Å². The van der Waals surface area contributed by atoms with Crippen LogP contribution < -0.4 is 10.6 Å². The molecule has 2 aliphatic rings. The first-order valence-corrected chi connectivity index (χ1v) is 10.4. The van der Waals surface area contributed by atoms with E-state index in [1.54, 1.807) is 0 Å². The zero-order valence-electron chi connectivity index (χ0n) is 17.3. The molecule has 2 aromatic heterocycles. The molecular formula is C22H31N7O2. The van der Waals surface area contributed by atoms with E-state index in [4.69, 9.17) is 20.4 Å². The van der Waals surface area contributed by atoms with Crippen molar-refractivity contribution in [2.75, 3.05) is 24.6 Å². The molecule has 2 fully saturated rings. The Morgan fingerprint density at radius 1 is 1.23 bits per heavy atom. The molecule has 4 N–H and O–H groups in total. The molecule has 0 unspecified atom stereocenters. The van der Waals surface area contributed by atoms with Crippen LogP contribution in [0.25, 0.3) is 22.3 Å². The van der Waals surface area contributed by atoms with Crippen molar-refractivity contribution >= 4 is 16.9 Å². The number of aromatic nitrogens is 5. The van der Waals surface area contributed by atoms with Crippen molar-refractivity contribution in [3.05, 3.63) is 29.6 Å². The minimum absolute atomic E-state index is 0. The number of piperidine rings is 1. The van der Waals surface area contributed by atoms with Crippen molar-refractivity contribution in [1.29, 1.82) is 0 Å². The lowest BCUT2D eigenvalue weighted by molar-refractivity contribution is 0.0973. The van der Waals surface area contributed by atoms with E-state index in [9.17, 15) is 5.11 Å². The van der Waals surface area contributed by atoms with Crippen LogP contribution in [0.2, 0.25) is 0 Å². The van der Waals surface area contributed by atoms with Crippen LogP contribution in [0.5, 0.6) is 0 Å². The summed E-state index contributed by atoms with van der Waals surface area (Å²) in [7, 11) is 0. The van der Waals surface area contributed by atoms with Crippen LogP contribution in [0.3, 0.4) is 0 Å². The molecule has 3 aromatic rings. The monoisotopic (exact) mass is 425 g/mol. The number of ether oxygens (including phenoxy) is 1. The highest BCUT2D eigenvalue weighted by Crippen LogP contribution is 2.42. The first-order valence-electron chi connectivity index (χ1n) is 10.4. The fourth-order valence-electron chi connectivity index (χ4n) is 4.80. The third-order valence-corrected chi connectivity index (χ3v) is 6.77. The van der Waals surface area contributed by atoms with Crippen LogP contribution in [0.4, 0.5) is 5.82 Å². The zero-order chi connectivity index (χ0) is 20.9. The Bertz CT molecular complexity index is 1070. The molecule has 5 rings (SSSR count). The summed E-state index contributed by atoms with van der Waals surface area (Å²) in [5.74, 6) is 0.761. The number of nitrogens with zero attached hydrogens (tertiary/aromatic N) is 5. The second kappa shape index (κ2) is 8.14. The summed E-state index contributed by atoms with van der Waals surface area (Å²) in [4.78, 5) is 11.9. The second-order valence-corrected chi connectivity index (χ2v) is 8.50. The zero-order valence-corrected chi connectivity index (χ0v) is 17.3. The molecule has 2 atom stereocenters. The van der Waals surface area contributed by atoms with Gasteiger partial charge in [-0.05, 0) is 38.8 Å². The largest absolute Gasteiger partial charge is 0.390 e. The van der Waals surface area contributed by atoms with Gasteiger partial charge >= 0.3 is 0 Å². The number of hydrogen-bond donors (Lipinski definition) is 3. The number of H-pyrrole nitrogens is 1. The average Bonchev–Trinajstić information content (AvgIpc) is 3.34. The summed E-state index contributed by atoms with van der Waals surface area (Å²) >= 11 is 0. The number of fused-ring (bicyclic) bond motifs is 1. The lowest BCUT2D eigenvalue weighted by atomic mass is 9.73. The molecule has 0 saturated carbocycles. The summed E-state index contributed by atoms with van der Waals surface area (Å²) in [6, 6.07) is 5.86. The van der Waals surface area contributed by atoms with Gasteiger partial charge in [-0.3, -0.25) is 0 Å². The molecule has 1 spiro atoms. The Morgan fingerprint density at radius 2 is 1.97 bits per heavy atom. The number of anilines is 1. The standard InChI is InChI=1S/C21H27N7O2.CH4/c1-12-18(14-3-4-15-16(9-14)26-27-25-15)24-17(10-29)20(23-12)28-7-5-21(6-8-28)11-30-13(2)19(21)22;/h3-4,9,13,19,29H,5-8,10-11,22H2,1-2H3,(H,25,26,27);1H4/t13-,19+;/m0./s1. The number of hydrogen-bond acceptors (Lipinski definition) is 8. The Hall–Kier alpha value is -2.62. The minimum atomic E-state index is -0.164. The van der Waals surface area contributed by atoms with Gasteiger partial charge in [-0.1, -0.05) is 13.5 Å². The smallest absolute Gasteiger partial charge is 0.153 e. The molecule has 9 heteroatoms. The highest BCUT2D eigenvalue weighted by molar-refractivity contribution is 5.80. The molecular weight excluding hydrogens is 394 g/mol. The molecule has 166 valence electrons. The Morgan fingerprint density at radius 3 is 2.65 bits per heavy atom. The predicted octanol–water partition coefficient (Wildman–Crippen LogP) is 2.18. The maximum atomic E-state index is 10.0. The van der Waals surface area contributed by atoms with E-state index in [0.717, 1.165) is 66.3 Å². The topological polar surface area (TPSA) is 126 Å². The van der Waals surface area contributed by atoms with E-state index in [-0.39, 0.29) is 31.6 Å². The molecule has 0 bridgehead atoms. The molecule has 1 aromatic carbocycles. The number of benzene rings is 1. The van der Waals surface area contributed by atoms with Gasteiger partial charge < -0.3 is 20.5 Å². The Balaban J connectivity index is 0.00000231. The van der Waals surface area contributed by atoms with Crippen LogP contribution in [0.15, 0.2) is 18.2 Å². The minimum Gasteiger partial charge on any atom is -0.390 e. The lowest BCUT2D eigenvalue weighted by Gasteiger charge is -2.42. The third kappa shape index (κ3) is 3.56. The fraction of sp³-hybridized carbons (Fsp3) is 0.545. The first-order chi connectivity index (χ1) is 14.5. The highest BCUT2D eigenvalue weighted by Gasteiger charge is 2.47. The van der Waals surface area contributed by atoms with E-state index in [2.05, 4.69) is 27.2 Å². The van der Waals surface area contributed by atoms with E-state index >= 15 is 0 Å². The molecule has 31 heavy (non-hydrogen) atoms. The highest BCUT2D eigenvalue weighted by atomic mass is 16.5. The van der Waals surface area contributed by atoms with Gasteiger partial charge in [0.15, 0.2) is 5.82 Å². The summed E-state index contributed by atoms with van der Waals surface area (Å²) in [6.45, 7) is 6.23. The van der Waals surface area contributed by atoms with E-state index < -0.39 is 0 Å². The van der Waals surface area contributed by atoms with Gasteiger partial charge in [0, 0.05) is 30.1 Å². The molecule has 2 saturated heterocycles. The molecule has 0 amide bonds. The van der Waals surface area contributed by atoms with Crippen LogP contribution in [0.1, 0.15) is 38.6 Å². The quantitative estimate of drug-likeness (QED) is 0.583. The number of aliphatic hydroxyl groups excluding tert-OH is 1. The summed E-state index contributed by atoms with van der Waals surface area (Å²) < 4.78 is 5.83. The third-order valence-electron chi connectivity index (χ3n) is 6.77. The van der Waals surface area contributed by atoms with E-state index in [0.29, 0.717) is 5.69 Å². The van der Waals surface area contributed by atoms with E-state index in [1.807, 2.05) is 25.1 Å². The first kappa shape index (κ1) is 21.6. The van der Waals surface area contributed by atoms with Crippen LogP contribution in [-0.4, -0.2) is 62.3 Å². The van der Waals surface area contributed by atoms with Gasteiger partial charge in [-0.2, -0.15) is 15.4 Å². The SMILES string of the molecule is C.Cc1nc(N2CCC3(CC2)CO[C@@H](C)[C@H]3N)c(CO)nc1-c1ccc2n[nH]nc2c1. The molecule has 2 aliphatic heterocycles. The van der Waals surface area contributed by atoms with Crippen molar-refractivity contribution in [3.63, 3.8) is 0 Å². The number of aromatic amines is 1. The number of rotatable bonds is 3. The summed E-state index contributed by atoms with van der Waals surface area (Å²) in [5.41, 5.74) is 11.1. The van der Waals surface area contributed by atoms with Crippen molar-refractivity contribution in [2.24, 2.45) is 11.1 Å². The van der Waals surface area contributed by atoms with Crippen LogP contribution in [0, 0.1) is 12.3 Å². The van der Waals surface area contributed by atoms with Gasteiger partial charge in [0.1, 0.15) is 16.7 Å². The number of nitrogens with one attached hydrogen (secondary N) is 1. The number of aryl methyl sites for hydroxylation is 1. The number of aliphatic hydroxyl groups is 1.